The molecule has 0 bridgehead atoms. The number of methoxy groups -OCH3 is 1. The number of nitrogens with zero attached hydrogens (tertiary/aromatic N) is 2. The molecular formula is C28H36F2N4O6S2. The van der Waals surface area contributed by atoms with Crippen molar-refractivity contribution < 1.29 is 36.3 Å². The fourth-order valence-corrected chi connectivity index (χ4v) is 8.23. The number of carbonyl (C=O) groups is 3. The molecule has 1 aromatic carbocycles. The second-order valence-corrected chi connectivity index (χ2v) is 13.5. The predicted molar refractivity (Wildman–Crippen MR) is 152 cm³/mol. The van der Waals surface area contributed by atoms with Crippen molar-refractivity contribution in [3.8, 4) is 0 Å². The van der Waals surface area contributed by atoms with Crippen LogP contribution in [0.15, 0.2) is 34.5 Å². The molecular weight excluding hydrogens is 590 g/mol. The molecule has 2 fully saturated rings. The summed E-state index contributed by atoms with van der Waals surface area (Å²) in [6.45, 7) is 3.45. The number of thiophene rings is 1. The minimum Gasteiger partial charge on any atom is -0.465 e. The summed E-state index contributed by atoms with van der Waals surface area (Å²) in [6, 6.07) is 3.52. The predicted octanol–water partition coefficient (Wildman–Crippen LogP) is 2.54. The third kappa shape index (κ3) is 7.71. The molecule has 4 rings (SSSR count). The van der Waals surface area contributed by atoms with Crippen molar-refractivity contribution in [1.29, 1.82) is 0 Å². The Morgan fingerprint density at radius 1 is 1.21 bits per heavy atom. The van der Waals surface area contributed by atoms with Crippen LogP contribution in [0.1, 0.15) is 47.8 Å². The van der Waals surface area contributed by atoms with Crippen molar-refractivity contribution in [2.24, 2.45) is 5.92 Å². The lowest BCUT2D eigenvalue weighted by atomic mass is 9.97. The van der Waals surface area contributed by atoms with Crippen LogP contribution in [0.4, 0.5) is 8.78 Å². The number of halogens is 2. The Morgan fingerprint density at radius 2 is 1.95 bits per heavy atom. The van der Waals surface area contributed by atoms with Gasteiger partial charge in [-0.05, 0) is 48.4 Å². The number of rotatable bonds is 12. The number of amides is 2. The maximum absolute atomic E-state index is 14.0. The Kier molecular flexibility index (Phi) is 10.7. The van der Waals surface area contributed by atoms with Crippen LogP contribution in [0, 0.1) is 17.6 Å². The van der Waals surface area contributed by atoms with E-state index in [1.165, 1.54) is 35.0 Å². The molecule has 10 nitrogen and oxygen atoms in total. The zero-order valence-corrected chi connectivity index (χ0v) is 25.2. The number of sulfonamides is 1. The zero-order chi connectivity index (χ0) is 30.4. The van der Waals surface area contributed by atoms with Crippen molar-refractivity contribution in [3.05, 3.63) is 51.7 Å². The first-order valence-electron chi connectivity index (χ1n) is 13.9. The molecule has 14 heteroatoms. The lowest BCUT2D eigenvalue weighted by Gasteiger charge is -2.35. The van der Waals surface area contributed by atoms with Crippen LogP contribution in [-0.2, 0) is 30.8 Å². The molecule has 0 radical (unpaired) electrons. The van der Waals surface area contributed by atoms with Gasteiger partial charge >= 0.3 is 5.97 Å². The monoisotopic (exact) mass is 626 g/mol. The van der Waals surface area contributed by atoms with E-state index >= 15 is 0 Å². The van der Waals surface area contributed by atoms with Crippen molar-refractivity contribution in [1.82, 2.24) is 19.8 Å². The largest absolute Gasteiger partial charge is 0.465 e. The van der Waals surface area contributed by atoms with E-state index in [2.05, 4.69) is 10.6 Å². The lowest BCUT2D eigenvalue weighted by Crippen LogP contribution is -2.55. The summed E-state index contributed by atoms with van der Waals surface area (Å²) in [6.07, 6.45) is 2.21. The molecule has 2 aliphatic heterocycles. The number of unbranched alkanes of at least 4 members (excludes halogenated alkanes) is 1. The first-order chi connectivity index (χ1) is 20.0. The zero-order valence-electron chi connectivity index (χ0n) is 23.6. The fraction of sp³-hybridized carbons (Fsp3) is 0.536. The smallest absolute Gasteiger partial charge is 0.349 e. The summed E-state index contributed by atoms with van der Waals surface area (Å²) in [5.74, 6) is -3.18. The van der Waals surface area contributed by atoms with E-state index in [0.717, 1.165) is 30.2 Å². The average molecular weight is 627 g/mol. The molecule has 3 heterocycles. The molecule has 2 aliphatic rings. The van der Waals surface area contributed by atoms with E-state index < -0.39 is 45.6 Å². The highest BCUT2D eigenvalue weighted by atomic mass is 32.2. The molecule has 0 spiro atoms. The number of nitrogens with one attached hydrogen (secondary N) is 2. The first kappa shape index (κ1) is 32.0. The van der Waals surface area contributed by atoms with Gasteiger partial charge in [-0.2, -0.15) is 4.31 Å². The molecule has 42 heavy (non-hydrogen) atoms. The van der Waals surface area contributed by atoms with E-state index in [4.69, 9.17) is 4.74 Å². The van der Waals surface area contributed by atoms with Gasteiger partial charge in [-0.25, -0.2) is 22.0 Å². The Labute approximate surface area is 248 Å². The number of benzene rings is 1. The van der Waals surface area contributed by atoms with Crippen LogP contribution >= 0.6 is 11.3 Å². The van der Waals surface area contributed by atoms with Crippen LogP contribution in [0.3, 0.4) is 0 Å². The van der Waals surface area contributed by atoms with E-state index in [-0.39, 0.29) is 53.9 Å². The Bertz CT molecular complexity index is 1380. The number of esters is 1. The summed E-state index contributed by atoms with van der Waals surface area (Å²) >= 11 is 0.979. The molecule has 0 saturated carbocycles. The number of likely N-dealkylation sites (tertiary alicyclic amines) is 1. The summed E-state index contributed by atoms with van der Waals surface area (Å²) in [7, 11) is -2.84. The van der Waals surface area contributed by atoms with Crippen molar-refractivity contribution in [2.45, 2.75) is 56.0 Å². The third-order valence-corrected chi connectivity index (χ3v) is 10.5. The highest BCUT2D eigenvalue weighted by Gasteiger charge is 2.37. The molecule has 2 saturated heterocycles. The van der Waals surface area contributed by atoms with Gasteiger partial charge in [-0.1, -0.05) is 13.3 Å². The van der Waals surface area contributed by atoms with E-state index in [9.17, 15) is 31.6 Å². The maximum atomic E-state index is 14.0. The highest BCUT2D eigenvalue weighted by Crippen LogP contribution is 2.27. The maximum Gasteiger partial charge on any atom is 0.349 e. The third-order valence-electron chi connectivity index (χ3n) is 7.52. The number of hydrogen-bond acceptors (Lipinski definition) is 8. The van der Waals surface area contributed by atoms with E-state index in [0.29, 0.717) is 25.2 Å². The van der Waals surface area contributed by atoms with Gasteiger partial charge in [0.15, 0.2) is 0 Å². The molecule has 1 aromatic heterocycles. The molecule has 3 atom stereocenters. The quantitative estimate of drug-likeness (QED) is 0.347. The van der Waals surface area contributed by atoms with Gasteiger partial charge in [-0.15, -0.1) is 11.3 Å². The van der Waals surface area contributed by atoms with Crippen LogP contribution in [0.2, 0.25) is 0 Å². The van der Waals surface area contributed by atoms with Crippen LogP contribution < -0.4 is 10.6 Å². The average Bonchev–Trinajstić information content (AvgIpc) is 3.58. The van der Waals surface area contributed by atoms with Gasteiger partial charge in [0.1, 0.15) is 21.4 Å². The SMILES string of the molecule is CCCCN1CC(C(=O)NC(Cc2cc(F)cc(F)c2)C[C@H]2CN(S(=O)(=O)c3ccsc3C(=O)OC)CCN2)CC1=O. The molecule has 2 unspecified atom stereocenters. The molecule has 0 aliphatic carbocycles. The topological polar surface area (TPSA) is 125 Å². The Hall–Kier alpha value is -2.94. The van der Waals surface area contributed by atoms with Crippen molar-refractivity contribution in [3.63, 3.8) is 0 Å². The summed E-state index contributed by atoms with van der Waals surface area (Å²) in [5, 5.41) is 7.76. The lowest BCUT2D eigenvalue weighted by molar-refractivity contribution is -0.129. The Balaban J connectivity index is 1.50. The summed E-state index contributed by atoms with van der Waals surface area (Å²) in [4.78, 5) is 39.4. The number of ether oxygens (including phenoxy) is 1. The summed E-state index contributed by atoms with van der Waals surface area (Å²) < 4.78 is 60.9. The van der Waals surface area contributed by atoms with Crippen molar-refractivity contribution in [2.75, 3.05) is 39.8 Å². The van der Waals surface area contributed by atoms with Crippen LogP contribution in [0.5, 0.6) is 0 Å². The second kappa shape index (κ2) is 14.0. The molecule has 230 valence electrons. The molecule has 2 N–H and O–H groups in total. The van der Waals surface area contributed by atoms with Crippen LogP contribution in [0.25, 0.3) is 0 Å². The van der Waals surface area contributed by atoms with Gasteiger partial charge in [-0.3, -0.25) is 9.59 Å². The molecule has 2 aromatic rings. The molecule has 2 amide bonds. The van der Waals surface area contributed by atoms with Gasteiger partial charge in [0.05, 0.1) is 13.0 Å². The van der Waals surface area contributed by atoms with E-state index in [1.54, 1.807) is 4.90 Å². The normalized spacial score (nSPS) is 20.5. The standard InChI is InChI=1S/C28H36F2N4O6S2/c1-3-4-7-33-16-19(13-25(33)35)27(36)32-22(12-18-10-20(29)14-21(30)11-18)15-23-17-34(8-6-31-23)42(38,39)24-5-9-41-26(24)28(37)40-2/h5,9-11,14,19,22-23,31H,3-4,6-8,12-13,15-17H2,1-2H3,(H,32,36)/t19?,22?,23-/m0/s1. The number of carbonyl (C=O) groups excluding carboxylic acids is 3. The number of hydrogen-bond donors (Lipinski definition) is 2. The fourth-order valence-electron chi connectivity index (χ4n) is 5.43. The Morgan fingerprint density at radius 3 is 2.64 bits per heavy atom. The van der Waals surface area contributed by atoms with Gasteiger partial charge < -0.3 is 20.3 Å². The minimum atomic E-state index is -4.03. The van der Waals surface area contributed by atoms with Gasteiger partial charge in [0.25, 0.3) is 0 Å². The van der Waals surface area contributed by atoms with Crippen molar-refractivity contribution >= 4 is 39.1 Å². The van der Waals surface area contributed by atoms with Gasteiger partial charge in [0.2, 0.25) is 21.8 Å². The van der Waals surface area contributed by atoms with E-state index in [1.807, 2.05) is 6.92 Å². The van der Waals surface area contributed by atoms with Gasteiger partial charge in [0, 0.05) is 57.3 Å². The second-order valence-electron chi connectivity index (χ2n) is 10.6. The minimum absolute atomic E-state index is 0.00931. The van der Waals surface area contributed by atoms with Crippen LogP contribution in [-0.4, -0.2) is 87.3 Å². The number of piperazine rings is 1. The summed E-state index contributed by atoms with van der Waals surface area (Å²) in [5.41, 5.74) is 0.339. The first-order valence-corrected chi connectivity index (χ1v) is 16.3. The highest BCUT2D eigenvalue weighted by molar-refractivity contribution is 7.89.